The lowest BCUT2D eigenvalue weighted by Gasteiger charge is -2.06. The number of hydrogen-bond acceptors (Lipinski definition) is 2. The molecule has 6 heteroatoms. The highest BCUT2D eigenvalue weighted by molar-refractivity contribution is 14.1. The van der Waals surface area contributed by atoms with Gasteiger partial charge in [0.05, 0.1) is 10.6 Å². The van der Waals surface area contributed by atoms with E-state index in [0.717, 1.165) is 0 Å². The molecule has 17 heavy (non-hydrogen) atoms. The summed E-state index contributed by atoms with van der Waals surface area (Å²) in [6.07, 6.45) is 1.31. The van der Waals surface area contributed by atoms with Crippen LogP contribution in [-0.4, -0.2) is 17.4 Å². The van der Waals surface area contributed by atoms with Gasteiger partial charge in [0.15, 0.2) is 0 Å². The summed E-state index contributed by atoms with van der Waals surface area (Å²) in [5.74, 6) is -0.559. The van der Waals surface area contributed by atoms with Gasteiger partial charge in [0, 0.05) is 10.1 Å². The molecule has 0 heterocycles. The molecule has 0 atom stereocenters. The monoisotopic (exact) mass is 366 g/mol. The Hall–Kier alpha value is -0.760. The van der Waals surface area contributed by atoms with Crippen molar-refractivity contribution in [2.45, 2.75) is 12.8 Å². The second-order valence-corrected chi connectivity index (χ2v) is 5.14. The van der Waals surface area contributed by atoms with Crippen LogP contribution >= 0.6 is 34.8 Å². The Bertz CT molecular complexity index is 439. The molecule has 0 saturated carbocycles. The number of carbonyl (C=O) groups is 1. The largest absolute Gasteiger partial charge is 0.393 e. The number of rotatable bonds is 5. The van der Waals surface area contributed by atoms with Crippen molar-refractivity contribution in [3.05, 3.63) is 33.1 Å². The standard InChI is InChI=1S/C11H12FIN2OS/c12-7-3-4-8(9(13)6-7)11(16)15-5-1-2-10(14)17/h3-4,6H,1-2,5H2,(H2,14,17)(H,15,16). The summed E-state index contributed by atoms with van der Waals surface area (Å²) < 4.78 is 13.4. The Morgan fingerprint density at radius 2 is 2.24 bits per heavy atom. The zero-order valence-electron chi connectivity index (χ0n) is 9.00. The van der Waals surface area contributed by atoms with Crippen molar-refractivity contribution in [1.29, 1.82) is 0 Å². The van der Waals surface area contributed by atoms with Crippen molar-refractivity contribution in [2.75, 3.05) is 6.54 Å². The predicted molar refractivity (Wildman–Crippen MR) is 77.5 cm³/mol. The first-order valence-electron chi connectivity index (χ1n) is 5.02. The van der Waals surface area contributed by atoms with Gasteiger partial charge in [-0.25, -0.2) is 4.39 Å². The third kappa shape index (κ3) is 4.95. The van der Waals surface area contributed by atoms with Crippen LogP contribution in [0.3, 0.4) is 0 Å². The first kappa shape index (κ1) is 14.3. The molecule has 1 amide bonds. The van der Waals surface area contributed by atoms with E-state index in [9.17, 15) is 9.18 Å². The Labute approximate surface area is 118 Å². The highest BCUT2D eigenvalue weighted by atomic mass is 127. The Morgan fingerprint density at radius 1 is 1.53 bits per heavy atom. The molecule has 0 aliphatic carbocycles. The van der Waals surface area contributed by atoms with Gasteiger partial charge in [0.2, 0.25) is 0 Å². The summed E-state index contributed by atoms with van der Waals surface area (Å²) >= 11 is 6.66. The van der Waals surface area contributed by atoms with Crippen LogP contribution in [0.4, 0.5) is 4.39 Å². The molecule has 0 aliphatic heterocycles. The fraction of sp³-hybridized carbons (Fsp3) is 0.273. The number of hydrogen-bond donors (Lipinski definition) is 2. The highest BCUT2D eigenvalue weighted by Crippen LogP contribution is 2.13. The van der Waals surface area contributed by atoms with Crippen LogP contribution < -0.4 is 11.1 Å². The van der Waals surface area contributed by atoms with Crippen LogP contribution in [0, 0.1) is 9.39 Å². The molecule has 0 bridgehead atoms. The van der Waals surface area contributed by atoms with Crippen LogP contribution in [-0.2, 0) is 0 Å². The summed E-state index contributed by atoms with van der Waals surface area (Å²) in [6.45, 7) is 0.504. The lowest BCUT2D eigenvalue weighted by atomic mass is 10.2. The fourth-order valence-electron chi connectivity index (χ4n) is 1.23. The highest BCUT2D eigenvalue weighted by Gasteiger charge is 2.09. The summed E-state index contributed by atoms with van der Waals surface area (Å²) in [5.41, 5.74) is 5.81. The van der Waals surface area contributed by atoms with Gasteiger partial charge in [-0.05, 0) is 53.6 Å². The van der Waals surface area contributed by atoms with Crippen LogP contribution in [0.1, 0.15) is 23.2 Å². The molecular formula is C11H12FIN2OS. The minimum absolute atomic E-state index is 0.211. The number of benzene rings is 1. The SMILES string of the molecule is NC(=S)CCCNC(=O)c1ccc(F)cc1I. The summed E-state index contributed by atoms with van der Waals surface area (Å²) in [5, 5.41) is 2.73. The first-order valence-corrected chi connectivity index (χ1v) is 6.51. The molecule has 0 saturated heterocycles. The maximum absolute atomic E-state index is 12.8. The molecule has 0 radical (unpaired) electrons. The lowest BCUT2D eigenvalue weighted by Crippen LogP contribution is -2.26. The summed E-state index contributed by atoms with van der Waals surface area (Å²) in [6, 6.07) is 4.07. The van der Waals surface area contributed by atoms with Gasteiger partial charge in [-0.15, -0.1) is 0 Å². The Balaban J connectivity index is 2.50. The molecule has 0 spiro atoms. The van der Waals surface area contributed by atoms with E-state index in [4.69, 9.17) is 18.0 Å². The van der Waals surface area contributed by atoms with Gasteiger partial charge < -0.3 is 11.1 Å². The lowest BCUT2D eigenvalue weighted by molar-refractivity contribution is 0.0952. The molecular weight excluding hydrogens is 354 g/mol. The molecule has 1 aromatic carbocycles. The minimum Gasteiger partial charge on any atom is -0.393 e. The van der Waals surface area contributed by atoms with E-state index >= 15 is 0 Å². The van der Waals surface area contributed by atoms with Crippen molar-refractivity contribution in [1.82, 2.24) is 5.32 Å². The smallest absolute Gasteiger partial charge is 0.252 e. The number of amides is 1. The molecule has 0 aliphatic rings. The maximum atomic E-state index is 12.8. The second-order valence-electron chi connectivity index (χ2n) is 3.45. The Morgan fingerprint density at radius 3 is 2.82 bits per heavy atom. The van der Waals surface area contributed by atoms with Gasteiger partial charge in [-0.2, -0.15) is 0 Å². The fourth-order valence-corrected chi connectivity index (χ4v) is 2.10. The molecule has 0 aromatic heterocycles. The second kappa shape index (κ2) is 6.85. The Kier molecular flexibility index (Phi) is 5.76. The van der Waals surface area contributed by atoms with Crippen molar-refractivity contribution in [3.8, 4) is 0 Å². The van der Waals surface area contributed by atoms with Gasteiger partial charge in [-0.1, -0.05) is 12.2 Å². The molecule has 92 valence electrons. The van der Waals surface area contributed by atoms with Crippen LogP contribution in [0.15, 0.2) is 18.2 Å². The van der Waals surface area contributed by atoms with Crippen molar-refractivity contribution >= 4 is 45.7 Å². The topological polar surface area (TPSA) is 55.1 Å². The van der Waals surface area contributed by atoms with E-state index < -0.39 is 0 Å². The normalized spacial score (nSPS) is 10.0. The molecule has 1 rings (SSSR count). The van der Waals surface area contributed by atoms with Gasteiger partial charge in [-0.3, -0.25) is 4.79 Å². The number of nitrogens with one attached hydrogen (secondary N) is 1. The number of halogens is 2. The average molecular weight is 366 g/mol. The predicted octanol–water partition coefficient (Wildman–Crippen LogP) is 2.23. The minimum atomic E-state index is -0.348. The molecule has 0 fully saturated rings. The molecule has 3 N–H and O–H groups in total. The first-order chi connectivity index (χ1) is 8.00. The summed E-state index contributed by atoms with van der Waals surface area (Å²) in [7, 11) is 0. The maximum Gasteiger partial charge on any atom is 0.252 e. The molecule has 1 aromatic rings. The molecule has 3 nitrogen and oxygen atoms in total. The van der Waals surface area contributed by atoms with Crippen molar-refractivity contribution < 1.29 is 9.18 Å². The number of nitrogens with two attached hydrogens (primary N) is 1. The zero-order chi connectivity index (χ0) is 12.8. The summed E-state index contributed by atoms with van der Waals surface area (Å²) in [4.78, 5) is 12.2. The van der Waals surface area contributed by atoms with E-state index in [1.165, 1.54) is 18.2 Å². The van der Waals surface area contributed by atoms with E-state index in [1.807, 2.05) is 22.6 Å². The van der Waals surface area contributed by atoms with E-state index in [0.29, 0.717) is 33.5 Å². The van der Waals surface area contributed by atoms with E-state index in [1.54, 1.807) is 0 Å². The number of carbonyl (C=O) groups excluding carboxylic acids is 1. The average Bonchev–Trinajstić information content (AvgIpc) is 2.23. The van der Waals surface area contributed by atoms with Crippen molar-refractivity contribution in [3.63, 3.8) is 0 Å². The van der Waals surface area contributed by atoms with E-state index in [2.05, 4.69) is 5.32 Å². The van der Waals surface area contributed by atoms with Crippen molar-refractivity contribution in [2.24, 2.45) is 5.73 Å². The molecule has 0 unspecified atom stereocenters. The van der Waals surface area contributed by atoms with Crippen LogP contribution in [0.25, 0.3) is 0 Å². The third-order valence-electron chi connectivity index (χ3n) is 2.06. The van der Waals surface area contributed by atoms with E-state index in [-0.39, 0.29) is 11.7 Å². The van der Waals surface area contributed by atoms with Crippen LogP contribution in [0.2, 0.25) is 0 Å². The quantitative estimate of drug-likeness (QED) is 0.478. The zero-order valence-corrected chi connectivity index (χ0v) is 12.0. The number of thiocarbonyl (C=S) groups is 1. The van der Waals surface area contributed by atoms with Crippen LogP contribution in [0.5, 0.6) is 0 Å². The van der Waals surface area contributed by atoms with Gasteiger partial charge in [0.1, 0.15) is 5.82 Å². The van der Waals surface area contributed by atoms with Gasteiger partial charge >= 0.3 is 0 Å². The van der Waals surface area contributed by atoms with Gasteiger partial charge in [0.25, 0.3) is 5.91 Å². The third-order valence-corrected chi connectivity index (χ3v) is 3.16.